The first-order valence-corrected chi connectivity index (χ1v) is 7.23. The molecule has 0 fully saturated rings. The summed E-state index contributed by atoms with van der Waals surface area (Å²) in [6.45, 7) is 3.66. The second kappa shape index (κ2) is 6.23. The van der Waals surface area contributed by atoms with Gasteiger partial charge in [-0.25, -0.2) is 4.98 Å². The zero-order chi connectivity index (χ0) is 17.3. The molecule has 124 valence electrons. The van der Waals surface area contributed by atoms with Crippen LogP contribution in [0.2, 0.25) is 0 Å². The zero-order valence-electron chi connectivity index (χ0n) is 14.4. The topological polar surface area (TPSA) is 76.3 Å². The molecule has 8 nitrogen and oxygen atoms in total. The second-order valence-electron chi connectivity index (χ2n) is 5.70. The van der Waals surface area contributed by atoms with Crippen LogP contribution in [0.5, 0.6) is 0 Å². The van der Waals surface area contributed by atoms with E-state index in [1.165, 1.54) is 9.80 Å². The van der Waals surface area contributed by atoms with Crippen molar-refractivity contribution in [1.29, 1.82) is 0 Å². The van der Waals surface area contributed by atoms with Gasteiger partial charge >= 0.3 is 0 Å². The summed E-state index contributed by atoms with van der Waals surface area (Å²) < 4.78 is 3.47. The van der Waals surface area contributed by atoms with Gasteiger partial charge in [-0.3, -0.25) is 18.8 Å². The van der Waals surface area contributed by atoms with E-state index in [0.29, 0.717) is 17.1 Å². The summed E-state index contributed by atoms with van der Waals surface area (Å²) in [6.07, 6.45) is 3.46. The minimum atomic E-state index is -0.242. The molecule has 0 aromatic carbocycles. The molecule has 2 amide bonds. The maximum atomic E-state index is 12.8. The van der Waals surface area contributed by atoms with Crippen molar-refractivity contribution in [3.8, 4) is 5.82 Å². The normalized spacial score (nSPS) is 10.7. The van der Waals surface area contributed by atoms with Crippen LogP contribution in [0, 0.1) is 13.8 Å². The number of rotatable bonds is 4. The summed E-state index contributed by atoms with van der Waals surface area (Å²) in [5.41, 5.74) is 1.09. The van der Waals surface area contributed by atoms with Crippen molar-refractivity contribution in [2.24, 2.45) is 7.05 Å². The van der Waals surface area contributed by atoms with Crippen molar-refractivity contribution in [2.45, 2.75) is 13.8 Å². The fourth-order valence-electron chi connectivity index (χ4n) is 2.38. The van der Waals surface area contributed by atoms with Gasteiger partial charge in [-0.1, -0.05) is 0 Å². The van der Waals surface area contributed by atoms with Gasteiger partial charge in [0.1, 0.15) is 17.2 Å². The van der Waals surface area contributed by atoms with Gasteiger partial charge in [-0.2, -0.15) is 5.10 Å². The number of aromatic nitrogens is 4. The first-order chi connectivity index (χ1) is 10.7. The smallest absolute Gasteiger partial charge is 0.259 e. The fourth-order valence-corrected chi connectivity index (χ4v) is 2.38. The number of aryl methyl sites for hydroxylation is 3. The van der Waals surface area contributed by atoms with E-state index in [4.69, 9.17) is 0 Å². The third kappa shape index (κ3) is 3.10. The molecule has 2 aromatic heterocycles. The molecule has 0 spiro atoms. The lowest BCUT2D eigenvalue weighted by Gasteiger charge is -2.20. The Balaban J connectivity index is 2.42. The van der Waals surface area contributed by atoms with E-state index in [1.807, 2.05) is 11.5 Å². The van der Waals surface area contributed by atoms with E-state index in [1.54, 1.807) is 52.2 Å². The average molecular weight is 318 g/mol. The number of likely N-dealkylation sites (N-methyl/N-ethyl adjacent to an activating group) is 2. The first-order valence-electron chi connectivity index (χ1n) is 7.23. The number of carbonyl (C=O) groups is 2. The molecule has 0 radical (unpaired) electrons. The van der Waals surface area contributed by atoms with E-state index in [9.17, 15) is 9.59 Å². The van der Waals surface area contributed by atoms with Crippen LogP contribution in [-0.2, 0) is 11.8 Å². The van der Waals surface area contributed by atoms with Crippen LogP contribution in [0.3, 0.4) is 0 Å². The van der Waals surface area contributed by atoms with Gasteiger partial charge in [0, 0.05) is 40.6 Å². The van der Waals surface area contributed by atoms with Crippen molar-refractivity contribution in [3.63, 3.8) is 0 Å². The summed E-state index contributed by atoms with van der Waals surface area (Å²) in [5.74, 6) is 1.03. The molecule has 23 heavy (non-hydrogen) atoms. The van der Waals surface area contributed by atoms with Crippen LogP contribution in [0.15, 0.2) is 12.4 Å². The number of nitrogens with zero attached hydrogens (tertiary/aromatic N) is 6. The van der Waals surface area contributed by atoms with Gasteiger partial charge in [-0.05, 0) is 13.8 Å². The molecule has 2 rings (SSSR count). The second-order valence-corrected chi connectivity index (χ2v) is 5.70. The van der Waals surface area contributed by atoms with Crippen molar-refractivity contribution < 1.29 is 9.59 Å². The van der Waals surface area contributed by atoms with Gasteiger partial charge in [-0.15, -0.1) is 0 Å². The molecule has 0 saturated heterocycles. The Morgan fingerprint density at radius 3 is 2.39 bits per heavy atom. The molecule has 8 heteroatoms. The SMILES string of the molecule is Cc1nn(C)c(-n2ccnc2C)c1C(=O)N(C)CC(=O)N(C)C. The molecule has 0 aliphatic heterocycles. The molecule has 0 unspecified atom stereocenters. The van der Waals surface area contributed by atoms with Gasteiger partial charge in [0.25, 0.3) is 5.91 Å². The summed E-state index contributed by atoms with van der Waals surface area (Å²) in [7, 11) is 6.72. The number of carbonyl (C=O) groups excluding carboxylic acids is 2. The van der Waals surface area contributed by atoms with E-state index in [-0.39, 0.29) is 18.4 Å². The van der Waals surface area contributed by atoms with Gasteiger partial charge < -0.3 is 9.80 Å². The maximum absolute atomic E-state index is 12.8. The Morgan fingerprint density at radius 1 is 1.22 bits per heavy atom. The molecule has 0 bridgehead atoms. The van der Waals surface area contributed by atoms with Crippen molar-refractivity contribution in [3.05, 3.63) is 29.5 Å². The molecule has 0 atom stereocenters. The van der Waals surface area contributed by atoms with E-state index < -0.39 is 0 Å². The number of hydrogen-bond acceptors (Lipinski definition) is 4. The summed E-state index contributed by atoms with van der Waals surface area (Å²) >= 11 is 0. The highest BCUT2D eigenvalue weighted by atomic mass is 16.2. The third-order valence-corrected chi connectivity index (χ3v) is 3.68. The molecular weight excluding hydrogens is 296 g/mol. The molecule has 2 aromatic rings. The van der Waals surface area contributed by atoms with Crippen molar-refractivity contribution in [1.82, 2.24) is 29.1 Å². The summed E-state index contributed by atoms with van der Waals surface area (Å²) in [5, 5.41) is 4.35. The molecule has 0 saturated carbocycles. The zero-order valence-corrected chi connectivity index (χ0v) is 14.4. The quantitative estimate of drug-likeness (QED) is 0.817. The Labute approximate surface area is 135 Å². The van der Waals surface area contributed by atoms with Crippen LogP contribution in [0.4, 0.5) is 0 Å². The molecule has 0 N–H and O–H groups in total. The Kier molecular flexibility index (Phi) is 4.53. The molecule has 0 aliphatic carbocycles. The highest BCUT2D eigenvalue weighted by Gasteiger charge is 2.26. The van der Waals surface area contributed by atoms with Crippen LogP contribution < -0.4 is 0 Å². The highest BCUT2D eigenvalue weighted by molar-refractivity contribution is 6.00. The van der Waals surface area contributed by atoms with Gasteiger partial charge in [0.2, 0.25) is 5.91 Å². The Bertz CT molecular complexity index is 743. The third-order valence-electron chi connectivity index (χ3n) is 3.68. The molecule has 0 aliphatic rings. The van der Waals surface area contributed by atoms with Crippen molar-refractivity contribution >= 4 is 11.8 Å². The minimum absolute atomic E-state index is 0.0164. The molecular formula is C15H22N6O2. The van der Waals surface area contributed by atoms with E-state index in [0.717, 1.165) is 5.82 Å². The monoisotopic (exact) mass is 318 g/mol. The predicted molar refractivity (Wildman–Crippen MR) is 85.5 cm³/mol. The maximum Gasteiger partial charge on any atom is 0.259 e. The summed E-state index contributed by atoms with van der Waals surface area (Å²) in [6, 6.07) is 0. The number of amides is 2. The average Bonchev–Trinajstić information content (AvgIpc) is 3.00. The lowest BCUT2D eigenvalue weighted by molar-refractivity contribution is -0.129. The first kappa shape index (κ1) is 16.7. The highest BCUT2D eigenvalue weighted by Crippen LogP contribution is 2.20. The van der Waals surface area contributed by atoms with Gasteiger partial charge in [0.05, 0.1) is 12.2 Å². The van der Waals surface area contributed by atoms with Crippen molar-refractivity contribution in [2.75, 3.05) is 27.7 Å². The Morgan fingerprint density at radius 2 is 1.87 bits per heavy atom. The largest absolute Gasteiger partial charge is 0.347 e. The fraction of sp³-hybridized carbons (Fsp3) is 0.467. The van der Waals surface area contributed by atoms with E-state index >= 15 is 0 Å². The lowest BCUT2D eigenvalue weighted by Crippen LogP contribution is -2.38. The van der Waals surface area contributed by atoms with E-state index in [2.05, 4.69) is 10.1 Å². The Hall–Kier alpha value is -2.64. The lowest BCUT2D eigenvalue weighted by atomic mass is 10.2. The van der Waals surface area contributed by atoms with Crippen LogP contribution in [0.25, 0.3) is 5.82 Å². The number of hydrogen-bond donors (Lipinski definition) is 0. The van der Waals surface area contributed by atoms with Crippen LogP contribution in [-0.4, -0.2) is 68.6 Å². The molecule has 2 heterocycles. The van der Waals surface area contributed by atoms with Gasteiger partial charge in [0.15, 0.2) is 0 Å². The predicted octanol–water partition coefficient (Wildman–Crippen LogP) is 0.383. The van der Waals surface area contributed by atoms with Crippen LogP contribution >= 0.6 is 0 Å². The standard InChI is InChI=1S/C15H22N6O2/c1-10-13(15(23)19(5)9-12(22)18(3)4)14(20(6)17-10)21-8-7-16-11(21)2/h7-8H,9H2,1-6H3. The summed E-state index contributed by atoms with van der Waals surface area (Å²) in [4.78, 5) is 31.7. The minimum Gasteiger partial charge on any atom is -0.347 e. The van der Waals surface area contributed by atoms with Crippen LogP contribution in [0.1, 0.15) is 21.9 Å². The number of imidazole rings is 1.